The Morgan fingerprint density at radius 2 is 1.46 bits per heavy atom. The van der Waals surface area contributed by atoms with Crippen molar-refractivity contribution in [2.24, 2.45) is 0 Å². The van der Waals surface area contributed by atoms with Crippen LogP contribution in [0.2, 0.25) is 0 Å². The van der Waals surface area contributed by atoms with Gasteiger partial charge in [0.1, 0.15) is 0 Å². The normalized spacial score (nSPS) is 24.5. The summed E-state index contributed by atoms with van der Waals surface area (Å²) >= 11 is 0. The minimum absolute atomic E-state index is 1.20. The Bertz CT molecular complexity index is 165. The Kier molecular flexibility index (Phi) is 5.64. The minimum atomic E-state index is 1.20. The molecule has 0 aromatic carbocycles. The third-order valence-corrected chi connectivity index (χ3v) is 2.72. The van der Waals surface area contributed by atoms with Gasteiger partial charge in [0.2, 0.25) is 0 Å². The van der Waals surface area contributed by atoms with E-state index >= 15 is 0 Å². The number of hydrogen-bond acceptors (Lipinski definition) is 0. The molecule has 0 unspecified atom stereocenters. The summed E-state index contributed by atoms with van der Waals surface area (Å²) in [7, 11) is 0. The highest BCUT2D eigenvalue weighted by molar-refractivity contribution is 5.13. The SMILES string of the molecule is C=C1/C=C\CCCCCCCCC1. The topological polar surface area (TPSA) is 0 Å². The predicted molar refractivity (Wildman–Crippen MR) is 59.8 cm³/mol. The second-order valence-corrected chi connectivity index (χ2v) is 4.07. The van der Waals surface area contributed by atoms with E-state index in [1.54, 1.807) is 0 Å². The molecular weight excluding hydrogens is 156 g/mol. The van der Waals surface area contributed by atoms with Crippen molar-refractivity contribution in [3.8, 4) is 0 Å². The van der Waals surface area contributed by atoms with Crippen LogP contribution in [-0.2, 0) is 0 Å². The molecule has 0 saturated carbocycles. The monoisotopic (exact) mass is 178 g/mol. The molecular formula is C13H22. The summed E-state index contributed by atoms with van der Waals surface area (Å²) in [5.41, 5.74) is 1.32. The van der Waals surface area contributed by atoms with Gasteiger partial charge in [-0.2, -0.15) is 0 Å². The molecule has 1 aliphatic rings. The van der Waals surface area contributed by atoms with Gasteiger partial charge in [0.05, 0.1) is 0 Å². The van der Waals surface area contributed by atoms with Crippen molar-refractivity contribution in [2.45, 2.75) is 57.8 Å². The van der Waals surface area contributed by atoms with E-state index < -0.39 is 0 Å². The number of rotatable bonds is 0. The summed E-state index contributed by atoms with van der Waals surface area (Å²) < 4.78 is 0. The fraction of sp³-hybridized carbons (Fsp3) is 0.692. The lowest BCUT2D eigenvalue weighted by Gasteiger charge is -2.04. The molecule has 0 radical (unpaired) electrons. The molecule has 0 heterocycles. The lowest BCUT2D eigenvalue weighted by atomic mass is 10.0. The Balaban J connectivity index is 2.26. The molecule has 0 bridgehead atoms. The standard InChI is InChI=1S/C13H22/c1-13-11-9-7-5-3-2-4-6-8-10-12-13/h9,11H,1-8,10,12H2/b11-9-. The largest absolute Gasteiger partial charge is 0.0958 e. The van der Waals surface area contributed by atoms with E-state index in [0.717, 1.165) is 0 Å². The molecule has 1 aliphatic carbocycles. The first kappa shape index (κ1) is 10.6. The molecule has 1 rings (SSSR count). The highest BCUT2D eigenvalue weighted by Gasteiger charge is 1.94. The van der Waals surface area contributed by atoms with Crippen molar-refractivity contribution < 1.29 is 0 Å². The highest BCUT2D eigenvalue weighted by Crippen LogP contribution is 2.14. The first-order valence-corrected chi connectivity index (χ1v) is 5.74. The quantitative estimate of drug-likeness (QED) is 0.507. The molecule has 0 aromatic heterocycles. The lowest BCUT2D eigenvalue weighted by Crippen LogP contribution is -1.84. The molecule has 0 atom stereocenters. The van der Waals surface area contributed by atoms with Crippen LogP contribution in [0.4, 0.5) is 0 Å². The van der Waals surface area contributed by atoms with Gasteiger partial charge in [0, 0.05) is 0 Å². The molecule has 0 N–H and O–H groups in total. The van der Waals surface area contributed by atoms with Crippen LogP contribution in [0, 0.1) is 0 Å². The van der Waals surface area contributed by atoms with E-state index in [1.165, 1.54) is 63.4 Å². The van der Waals surface area contributed by atoms with Crippen molar-refractivity contribution in [1.82, 2.24) is 0 Å². The third-order valence-electron chi connectivity index (χ3n) is 2.72. The van der Waals surface area contributed by atoms with Crippen LogP contribution in [0.5, 0.6) is 0 Å². The summed E-state index contributed by atoms with van der Waals surface area (Å²) in [5.74, 6) is 0. The summed E-state index contributed by atoms with van der Waals surface area (Å²) in [5, 5.41) is 0. The van der Waals surface area contributed by atoms with Crippen LogP contribution < -0.4 is 0 Å². The molecule has 0 fully saturated rings. The first-order valence-electron chi connectivity index (χ1n) is 5.74. The molecule has 0 amide bonds. The van der Waals surface area contributed by atoms with Crippen LogP contribution in [0.15, 0.2) is 24.3 Å². The first-order chi connectivity index (χ1) is 6.39. The Morgan fingerprint density at radius 1 is 0.846 bits per heavy atom. The summed E-state index contributed by atoms with van der Waals surface area (Å²) in [6.07, 6.45) is 16.8. The summed E-state index contributed by atoms with van der Waals surface area (Å²) in [6, 6.07) is 0. The molecule has 0 aliphatic heterocycles. The van der Waals surface area contributed by atoms with Crippen LogP contribution in [-0.4, -0.2) is 0 Å². The van der Waals surface area contributed by atoms with Gasteiger partial charge in [-0.25, -0.2) is 0 Å². The van der Waals surface area contributed by atoms with Gasteiger partial charge >= 0.3 is 0 Å². The van der Waals surface area contributed by atoms with Crippen LogP contribution in [0.25, 0.3) is 0 Å². The summed E-state index contributed by atoms with van der Waals surface area (Å²) in [4.78, 5) is 0. The lowest BCUT2D eigenvalue weighted by molar-refractivity contribution is 0.579. The maximum atomic E-state index is 4.06. The van der Waals surface area contributed by atoms with Crippen molar-refractivity contribution in [3.05, 3.63) is 24.3 Å². The Hall–Kier alpha value is -0.520. The van der Waals surface area contributed by atoms with E-state index in [0.29, 0.717) is 0 Å². The van der Waals surface area contributed by atoms with Crippen molar-refractivity contribution in [1.29, 1.82) is 0 Å². The number of hydrogen-bond donors (Lipinski definition) is 0. The van der Waals surface area contributed by atoms with Crippen LogP contribution in [0.3, 0.4) is 0 Å². The Labute approximate surface area is 82.7 Å². The third kappa shape index (κ3) is 5.68. The second-order valence-electron chi connectivity index (χ2n) is 4.07. The predicted octanol–water partition coefficient (Wildman–Crippen LogP) is 4.62. The van der Waals surface area contributed by atoms with E-state index in [9.17, 15) is 0 Å². The van der Waals surface area contributed by atoms with Crippen molar-refractivity contribution in [3.63, 3.8) is 0 Å². The zero-order valence-corrected chi connectivity index (χ0v) is 8.73. The van der Waals surface area contributed by atoms with Gasteiger partial charge in [-0.1, -0.05) is 56.4 Å². The van der Waals surface area contributed by atoms with Gasteiger partial charge in [-0.15, -0.1) is 0 Å². The molecule has 0 aromatic rings. The molecule has 13 heavy (non-hydrogen) atoms. The van der Waals surface area contributed by atoms with Gasteiger partial charge in [0.25, 0.3) is 0 Å². The van der Waals surface area contributed by atoms with E-state index in [1.807, 2.05) is 0 Å². The average molecular weight is 178 g/mol. The number of allylic oxidation sites excluding steroid dienone is 3. The minimum Gasteiger partial charge on any atom is -0.0958 e. The van der Waals surface area contributed by atoms with E-state index in [2.05, 4.69) is 18.7 Å². The van der Waals surface area contributed by atoms with Gasteiger partial charge < -0.3 is 0 Å². The second kappa shape index (κ2) is 6.94. The zero-order valence-electron chi connectivity index (χ0n) is 8.73. The smallest absolute Gasteiger partial charge is 0.0285 e. The maximum absolute atomic E-state index is 4.06. The van der Waals surface area contributed by atoms with Crippen molar-refractivity contribution >= 4 is 0 Å². The fourth-order valence-electron chi connectivity index (χ4n) is 1.83. The molecule has 0 heteroatoms. The van der Waals surface area contributed by atoms with Gasteiger partial charge in [-0.05, 0) is 25.7 Å². The van der Waals surface area contributed by atoms with Crippen molar-refractivity contribution in [2.75, 3.05) is 0 Å². The van der Waals surface area contributed by atoms with E-state index in [-0.39, 0.29) is 0 Å². The molecule has 0 saturated heterocycles. The maximum Gasteiger partial charge on any atom is -0.0285 e. The van der Waals surface area contributed by atoms with Gasteiger partial charge in [-0.3, -0.25) is 0 Å². The van der Waals surface area contributed by atoms with Gasteiger partial charge in [0.15, 0.2) is 0 Å². The zero-order chi connectivity index (χ0) is 9.36. The fourth-order valence-corrected chi connectivity index (χ4v) is 1.83. The van der Waals surface area contributed by atoms with Crippen LogP contribution in [0.1, 0.15) is 57.8 Å². The summed E-state index contributed by atoms with van der Waals surface area (Å²) in [6.45, 7) is 4.06. The molecule has 0 nitrogen and oxygen atoms in total. The highest BCUT2D eigenvalue weighted by atomic mass is 14.0. The van der Waals surface area contributed by atoms with Crippen LogP contribution >= 0.6 is 0 Å². The molecule has 0 spiro atoms. The molecule has 74 valence electrons. The Morgan fingerprint density at radius 3 is 2.23 bits per heavy atom. The average Bonchev–Trinajstić information content (AvgIpc) is 2.11. The van der Waals surface area contributed by atoms with E-state index in [4.69, 9.17) is 0 Å².